The highest BCUT2D eigenvalue weighted by Crippen LogP contribution is 2.21. The molecule has 4 heteroatoms. The second kappa shape index (κ2) is 2.44. The molecule has 2 heterocycles. The largest absolute Gasteiger partial charge is 0.374 e. The van der Waals surface area contributed by atoms with E-state index in [2.05, 4.69) is 10.6 Å². The molecule has 2 rings (SSSR count). The number of fused-ring (bicyclic) bond motifs is 1. The molecule has 0 saturated carbocycles. The summed E-state index contributed by atoms with van der Waals surface area (Å²) in [5, 5.41) is 5.98. The standard InChI is InChI=1S/C7H10N2OS/c10-7-4-1-2-6(11)9-5(4)3-8-7/h4-5H,1-3H2,(H,8,10)(H,9,11). The Labute approximate surface area is 70.5 Å². The van der Waals surface area contributed by atoms with Crippen molar-refractivity contribution in [2.75, 3.05) is 6.54 Å². The Balaban J connectivity index is 2.11. The molecule has 0 bridgehead atoms. The normalized spacial score (nSPS) is 36.0. The number of carbonyl (C=O) groups is 1. The number of amides is 1. The third-order valence-corrected chi connectivity index (χ3v) is 2.67. The lowest BCUT2D eigenvalue weighted by atomic mass is 9.93. The van der Waals surface area contributed by atoms with E-state index in [1.165, 1.54) is 0 Å². The number of carbonyl (C=O) groups excluding carboxylic acids is 1. The van der Waals surface area contributed by atoms with Crippen LogP contribution in [0, 0.1) is 5.92 Å². The Hall–Kier alpha value is -0.640. The first-order chi connectivity index (χ1) is 5.27. The summed E-state index contributed by atoms with van der Waals surface area (Å²) >= 11 is 5.02. The molecule has 2 fully saturated rings. The van der Waals surface area contributed by atoms with E-state index in [1.807, 2.05) is 0 Å². The molecule has 2 unspecified atom stereocenters. The van der Waals surface area contributed by atoms with Crippen LogP contribution in [0.3, 0.4) is 0 Å². The summed E-state index contributed by atoms with van der Waals surface area (Å²) in [6.45, 7) is 0.740. The van der Waals surface area contributed by atoms with Crippen LogP contribution in [0.4, 0.5) is 0 Å². The third kappa shape index (κ3) is 1.11. The minimum Gasteiger partial charge on any atom is -0.374 e. The summed E-state index contributed by atoms with van der Waals surface area (Å²) in [7, 11) is 0. The Kier molecular flexibility index (Phi) is 1.56. The van der Waals surface area contributed by atoms with Crippen LogP contribution in [0.5, 0.6) is 0 Å². The molecule has 0 aromatic carbocycles. The number of hydrogen-bond acceptors (Lipinski definition) is 2. The van der Waals surface area contributed by atoms with E-state index in [4.69, 9.17) is 12.2 Å². The van der Waals surface area contributed by atoms with Crippen LogP contribution in [-0.2, 0) is 4.79 Å². The highest BCUT2D eigenvalue weighted by Gasteiger charge is 2.37. The molecule has 2 saturated heterocycles. The van der Waals surface area contributed by atoms with Crippen molar-refractivity contribution in [2.45, 2.75) is 18.9 Å². The molecule has 2 atom stereocenters. The predicted octanol–water partition coefficient (Wildman–Crippen LogP) is -0.188. The van der Waals surface area contributed by atoms with Crippen molar-refractivity contribution in [1.82, 2.24) is 10.6 Å². The SMILES string of the molecule is O=C1NCC2NC(=S)CCC12. The zero-order chi connectivity index (χ0) is 7.84. The van der Waals surface area contributed by atoms with Gasteiger partial charge in [0.05, 0.1) is 16.9 Å². The average molecular weight is 170 g/mol. The van der Waals surface area contributed by atoms with E-state index >= 15 is 0 Å². The maximum absolute atomic E-state index is 11.1. The Morgan fingerprint density at radius 3 is 3.18 bits per heavy atom. The van der Waals surface area contributed by atoms with E-state index in [-0.39, 0.29) is 17.9 Å². The average Bonchev–Trinajstić information content (AvgIpc) is 2.32. The van der Waals surface area contributed by atoms with Gasteiger partial charge in [-0.2, -0.15) is 0 Å². The van der Waals surface area contributed by atoms with Crippen LogP contribution in [0.15, 0.2) is 0 Å². The fraction of sp³-hybridized carbons (Fsp3) is 0.714. The first-order valence-corrected chi connectivity index (χ1v) is 4.25. The lowest BCUT2D eigenvalue weighted by molar-refractivity contribution is -0.122. The van der Waals surface area contributed by atoms with Crippen LogP contribution in [-0.4, -0.2) is 23.5 Å². The summed E-state index contributed by atoms with van der Waals surface area (Å²) in [5.74, 6) is 0.353. The summed E-state index contributed by atoms with van der Waals surface area (Å²) in [6.07, 6.45) is 1.78. The van der Waals surface area contributed by atoms with E-state index < -0.39 is 0 Å². The van der Waals surface area contributed by atoms with Gasteiger partial charge in [0.2, 0.25) is 5.91 Å². The molecule has 60 valence electrons. The minimum atomic E-state index is 0.168. The number of thiocarbonyl (C=S) groups is 1. The van der Waals surface area contributed by atoms with Crippen molar-refractivity contribution in [2.24, 2.45) is 5.92 Å². The van der Waals surface area contributed by atoms with E-state index in [0.717, 1.165) is 24.4 Å². The van der Waals surface area contributed by atoms with Crippen molar-refractivity contribution in [3.05, 3.63) is 0 Å². The van der Waals surface area contributed by atoms with E-state index in [9.17, 15) is 4.79 Å². The molecule has 3 nitrogen and oxygen atoms in total. The first kappa shape index (κ1) is 7.03. The van der Waals surface area contributed by atoms with Gasteiger partial charge in [-0.05, 0) is 12.8 Å². The molecule has 0 aliphatic carbocycles. The fourth-order valence-electron chi connectivity index (χ4n) is 1.72. The monoisotopic (exact) mass is 170 g/mol. The Morgan fingerprint density at radius 2 is 2.36 bits per heavy atom. The van der Waals surface area contributed by atoms with E-state index in [1.54, 1.807) is 0 Å². The maximum atomic E-state index is 11.1. The van der Waals surface area contributed by atoms with Crippen LogP contribution in [0.1, 0.15) is 12.8 Å². The smallest absolute Gasteiger partial charge is 0.225 e. The van der Waals surface area contributed by atoms with Gasteiger partial charge in [-0.15, -0.1) is 0 Å². The van der Waals surface area contributed by atoms with Crippen LogP contribution < -0.4 is 10.6 Å². The van der Waals surface area contributed by atoms with Gasteiger partial charge < -0.3 is 10.6 Å². The molecule has 0 spiro atoms. The molecule has 0 aromatic rings. The zero-order valence-corrected chi connectivity index (χ0v) is 6.91. The van der Waals surface area contributed by atoms with Crippen molar-refractivity contribution in [3.63, 3.8) is 0 Å². The lowest BCUT2D eigenvalue weighted by Crippen LogP contribution is -2.44. The number of piperidine rings is 1. The predicted molar refractivity (Wildman–Crippen MR) is 45.3 cm³/mol. The molecule has 0 aromatic heterocycles. The third-order valence-electron chi connectivity index (χ3n) is 2.35. The Bertz CT molecular complexity index is 216. The number of nitrogens with one attached hydrogen (secondary N) is 2. The summed E-state index contributed by atoms with van der Waals surface area (Å²) in [4.78, 5) is 12.0. The summed E-state index contributed by atoms with van der Waals surface area (Å²) < 4.78 is 0. The summed E-state index contributed by atoms with van der Waals surface area (Å²) in [5.41, 5.74) is 0. The van der Waals surface area contributed by atoms with Gasteiger partial charge in [-0.1, -0.05) is 12.2 Å². The van der Waals surface area contributed by atoms with Crippen molar-refractivity contribution >= 4 is 23.1 Å². The summed E-state index contributed by atoms with van der Waals surface area (Å²) in [6, 6.07) is 0.267. The second-order valence-corrected chi connectivity index (χ2v) is 3.56. The van der Waals surface area contributed by atoms with Crippen LogP contribution >= 0.6 is 12.2 Å². The second-order valence-electron chi connectivity index (χ2n) is 3.06. The number of hydrogen-bond donors (Lipinski definition) is 2. The van der Waals surface area contributed by atoms with Crippen molar-refractivity contribution < 1.29 is 4.79 Å². The van der Waals surface area contributed by atoms with E-state index in [0.29, 0.717) is 0 Å². The lowest BCUT2D eigenvalue weighted by Gasteiger charge is -2.25. The molecular formula is C7H10N2OS. The van der Waals surface area contributed by atoms with Gasteiger partial charge in [0, 0.05) is 6.54 Å². The van der Waals surface area contributed by atoms with Gasteiger partial charge in [0.25, 0.3) is 0 Å². The topological polar surface area (TPSA) is 41.1 Å². The van der Waals surface area contributed by atoms with Crippen LogP contribution in [0.2, 0.25) is 0 Å². The highest BCUT2D eigenvalue weighted by molar-refractivity contribution is 7.80. The maximum Gasteiger partial charge on any atom is 0.225 e. The van der Waals surface area contributed by atoms with Crippen molar-refractivity contribution in [1.29, 1.82) is 0 Å². The first-order valence-electron chi connectivity index (χ1n) is 3.84. The quantitative estimate of drug-likeness (QED) is 0.495. The fourth-order valence-corrected chi connectivity index (χ4v) is 1.99. The van der Waals surface area contributed by atoms with Gasteiger partial charge in [-0.3, -0.25) is 4.79 Å². The van der Waals surface area contributed by atoms with Gasteiger partial charge in [-0.25, -0.2) is 0 Å². The minimum absolute atomic E-state index is 0.168. The van der Waals surface area contributed by atoms with Gasteiger partial charge >= 0.3 is 0 Å². The highest BCUT2D eigenvalue weighted by atomic mass is 32.1. The molecule has 11 heavy (non-hydrogen) atoms. The Morgan fingerprint density at radius 1 is 1.55 bits per heavy atom. The molecule has 2 aliphatic rings. The zero-order valence-electron chi connectivity index (χ0n) is 6.09. The van der Waals surface area contributed by atoms with Crippen LogP contribution in [0.25, 0.3) is 0 Å². The van der Waals surface area contributed by atoms with Gasteiger partial charge in [0.15, 0.2) is 0 Å². The van der Waals surface area contributed by atoms with Gasteiger partial charge in [0.1, 0.15) is 0 Å². The molecule has 2 N–H and O–H groups in total. The van der Waals surface area contributed by atoms with Crippen molar-refractivity contribution in [3.8, 4) is 0 Å². The molecule has 0 radical (unpaired) electrons. The molecular weight excluding hydrogens is 160 g/mol. The number of rotatable bonds is 0. The molecule has 2 aliphatic heterocycles. The molecule has 1 amide bonds.